The van der Waals surface area contributed by atoms with Gasteiger partial charge in [-0.25, -0.2) is 8.42 Å². The predicted molar refractivity (Wildman–Crippen MR) is 135 cm³/mol. The monoisotopic (exact) mass is 488 g/mol. The van der Waals surface area contributed by atoms with Gasteiger partial charge in [0.25, 0.3) is 5.91 Å². The molecule has 0 radical (unpaired) electrons. The summed E-state index contributed by atoms with van der Waals surface area (Å²) in [7, 11) is -3.60. The Hall–Kier alpha value is -2.74. The fourth-order valence-electron chi connectivity index (χ4n) is 3.83. The molecule has 0 saturated heterocycles. The molecule has 0 bridgehead atoms. The number of ether oxygens (including phenoxy) is 2. The number of rotatable bonds is 6. The van der Waals surface area contributed by atoms with Gasteiger partial charge < -0.3 is 14.8 Å². The zero-order valence-electron chi connectivity index (χ0n) is 21.1. The number of sulfonamides is 1. The third kappa shape index (κ3) is 6.03. The summed E-state index contributed by atoms with van der Waals surface area (Å²) in [6.45, 7) is 13.0. The lowest BCUT2D eigenvalue weighted by molar-refractivity contribution is -0.127. The quantitative estimate of drug-likeness (QED) is 0.621. The average molecular weight is 489 g/mol. The molecule has 0 unspecified atom stereocenters. The van der Waals surface area contributed by atoms with Crippen LogP contribution in [0.15, 0.2) is 42.5 Å². The number of hydrogen-bond acceptors (Lipinski definition) is 5. The van der Waals surface area contributed by atoms with Crippen LogP contribution in [0.3, 0.4) is 0 Å². The summed E-state index contributed by atoms with van der Waals surface area (Å²) in [4.78, 5) is 12.8. The third-order valence-corrected chi connectivity index (χ3v) is 6.89. The normalized spacial score (nSPS) is 16.4. The molecule has 0 aliphatic carbocycles. The molecule has 7 nitrogen and oxygen atoms in total. The van der Waals surface area contributed by atoms with Gasteiger partial charge >= 0.3 is 0 Å². The Bertz CT molecular complexity index is 1150. The zero-order chi connectivity index (χ0) is 25.3. The summed E-state index contributed by atoms with van der Waals surface area (Å²) in [5.41, 5.74) is 2.32. The largest absolute Gasteiger partial charge is 0.491 e. The lowest BCUT2D eigenvalue weighted by atomic mass is 9.86. The molecular weight excluding hydrogens is 452 g/mol. The van der Waals surface area contributed by atoms with Crippen molar-refractivity contribution in [3.05, 3.63) is 53.6 Å². The molecule has 1 N–H and O–H groups in total. The van der Waals surface area contributed by atoms with Crippen molar-refractivity contribution >= 4 is 21.6 Å². The van der Waals surface area contributed by atoms with Crippen molar-refractivity contribution < 1.29 is 22.7 Å². The highest BCUT2D eigenvalue weighted by Gasteiger charge is 2.35. The summed E-state index contributed by atoms with van der Waals surface area (Å²) in [5.74, 6) is 0.775. The van der Waals surface area contributed by atoms with Crippen LogP contribution in [0, 0.1) is 0 Å². The van der Waals surface area contributed by atoms with Crippen LogP contribution in [0.1, 0.15) is 52.7 Å². The van der Waals surface area contributed by atoms with Gasteiger partial charge in [0.05, 0.1) is 25.0 Å². The number of carbonyl (C=O) groups is 1. The minimum Gasteiger partial charge on any atom is -0.491 e. The van der Waals surface area contributed by atoms with E-state index in [2.05, 4.69) is 46.9 Å². The zero-order valence-corrected chi connectivity index (χ0v) is 22.0. The molecule has 0 aromatic heterocycles. The van der Waals surface area contributed by atoms with E-state index in [4.69, 9.17) is 9.47 Å². The van der Waals surface area contributed by atoms with E-state index in [0.29, 0.717) is 11.4 Å². The van der Waals surface area contributed by atoms with Crippen LogP contribution in [-0.2, 0) is 25.6 Å². The van der Waals surface area contributed by atoms with Crippen LogP contribution in [0.25, 0.3) is 0 Å². The van der Waals surface area contributed by atoms with E-state index in [1.54, 1.807) is 6.07 Å². The Morgan fingerprint density at radius 1 is 1.09 bits per heavy atom. The van der Waals surface area contributed by atoms with Gasteiger partial charge in [-0.05, 0) is 40.2 Å². The molecule has 0 fully saturated rings. The first-order valence-electron chi connectivity index (χ1n) is 11.5. The van der Waals surface area contributed by atoms with Crippen molar-refractivity contribution in [3.63, 3.8) is 0 Å². The highest BCUT2D eigenvalue weighted by molar-refractivity contribution is 7.92. The van der Waals surface area contributed by atoms with Crippen molar-refractivity contribution in [2.24, 2.45) is 0 Å². The number of hydrogen-bond donors (Lipinski definition) is 1. The van der Waals surface area contributed by atoms with E-state index < -0.39 is 16.1 Å². The minimum absolute atomic E-state index is 0.0644. The predicted octanol–water partition coefficient (Wildman–Crippen LogP) is 4.00. The molecule has 1 atom stereocenters. The first-order valence-corrected chi connectivity index (χ1v) is 13.3. The van der Waals surface area contributed by atoms with E-state index in [0.717, 1.165) is 23.1 Å². The van der Waals surface area contributed by atoms with E-state index in [1.807, 2.05) is 36.4 Å². The van der Waals surface area contributed by atoms with E-state index in [9.17, 15) is 13.2 Å². The summed E-state index contributed by atoms with van der Waals surface area (Å²) < 4.78 is 38.1. The summed E-state index contributed by atoms with van der Waals surface area (Å²) in [5, 5.41) is 2.81. The fraction of sp³-hybridized carbons (Fsp3) is 0.500. The van der Waals surface area contributed by atoms with Gasteiger partial charge in [-0.3, -0.25) is 9.10 Å². The molecule has 1 amide bonds. The second-order valence-electron chi connectivity index (χ2n) is 10.7. The van der Waals surface area contributed by atoms with Crippen molar-refractivity contribution in [2.75, 3.05) is 30.3 Å². The summed E-state index contributed by atoms with van der Waals surface area (Å²) >= 11 is 0. The lowest BCUT2D eigenvalue weighted by Gasteiger charge is -2.35. The molecule has 1 aliphatic heterocycles. The molecule has 186 valence electrons. The first-order chi connectivity index (χ1) is 15.7. The van der Waals surface area contributed by atoms with E-state index in [-0.39, 0.29) is 36.4 Å². The maximum absolute atomic E-state index is 12.8. The molecule has 0 spiro atoms. The molecule has 1 heterocycles. The maximum Gasteiger partial charge on any atom is 0.263 e. The second-order valence-corrected chi connectivity index (χ2v) is 12.6. The number of carbonyl (C=O) groups excluding carboxylic acids is 1. The van der Waals surface area contributed by atoms with Crippen molar-refractivity contribution in [2.45, 2.75) is 58.5 Å². The summed E-state index contributed by atoms with van der Waals surface area (Å²) in [6.07, 6.45) is 0.186. The van der Waals surface area contributed by atoms with Crippen LogP contribution >= 0.6 is 0 Å². The number of fused-ring (bicyclic) bond motifs is 1. The number of para-hydroxylation sites is 1. The van der Waals surface area contributed by atoms with E-state index >= 15 is 0 Å². The fourth-order valence-corrected chi connectivity index (χ4v) is 4.74. The van der Waals surface area contributed by atoms with Crippen molar-refractivity contribution in [3.8, 4) is 11.5 Å². The summed E-state index contributed by atoms with van der Waals surface area (Å²) in [6, 6.07) is 13.3. The number of amides is 1. The maximum atomic E-state index is 12.8. The first kappa shape index (κ1) is 25.9. The molecule has 2 aromatic carbocycles. The SMILES string of the molecule is CC(C)(C)c1ccc2c(c1)N(S(C)(=O)=O)C[C@@H](C(=O)NCCOc1ccccc1C(C)(C)C)O2. The Kier molecular flexibility index (Phi) is 7.22. The lowest BCUT2D eigenvalue weighted by Crippen LogP contribution is -2.51. The number of anilines is 1. The molecule has 34 heavy (non-hydrogen) atoms. The second kappa shape index (κ2) is 9.49. The molecule has 8 heteroatoms. The number of nitrogens with zero attached hydrogens (tertiary/aromatic N) is 1. The van der Waals surface area contributed by atoms with Gasteiger partial charge in [0.15, 0.2) is 6.10 Å². The smallest absolute Gasteiger partial charge is 0.263 e. The van der Waals surface area contributed by atoms with Gasteiger partial charge in [-0.1, -0.05) is 65.8 Å². The van der Waals surface area contributed by atoms with Crippen LogP contribution in [0.5, 0.6) is 11.5 Å². The van der Waals surface area contributed by atoms with E-state index in [1.165, 1.54) is 4.31 Å². The molecule has 2 aromatic rings. The standard InChI is InChI=1S/C26H36N2O5S/c1-25(2,3)18-12-13-22-20(16-18)28(34(7,30)31)17-23(33-22)24(29)27-14-15-32-21-11-9-8-10-19(21)26(4,5)6/h8-13,16,23H,14-15,17H2,1-7H3,(H,27,29)/t23-/m0/s1. The molecule has 0 saturated carbocycles. The van der Waals surface area contributed by atoms with Crippen LogP contribution in [0.2, 0.25) is 0 Å². The minimum atomic E-state index is -3.60. The number of benzene rings is 2. The van der Waals surface area contributed by atoms with Gasteiger partial charge in [-0.2, -0.15) is 0 Å². The Labute approximate surface area is 203 Å². The Morgan fingerprint density at radius 3 is 2.38 bits per heavy atom. The van der Waals surface area contributed by atoms with Gasteiger partial charge in [0.2, 0.25) is 10.0 Å². The van der Waals surface area contributed by atoms with Crippen LogP contribution < -0.4 is 19.1 Å². The highest BCUT2D eigenvalue weighted by Crippen LogP contribution is 2.38. The average Bonchev–Trinajstić information content (AvgIpc) is 2.73. The van der Waals surface area contributed by atoms with Gasteiger partial charge in [0.1, 0.15) is 18.1 Å². The number of nitrogens with one attached hydrogen (secondary N) is 1. The topological polar surface area (TPSA) is 84.9 Å². The van der Waals surface area contributed by atoms with Crippen LogP contribution in [-0.4, -0.2) is 46.4 Å². The molecule has 3 rings (SSSR count). The molecular formula is C26H36N2O5S. The van der Waals surface area contributed by atoms with Crippen molar-refractivity contribution in [1.82, 2.24) is 5.32 Å². The van der Waals surface area contributed by atoms with Crippen molar-refractivity contribution in [1.29, 1.82) is 0 Å². The Balaban J connectivity index is 1.68. The third-order valence-electron chi connectivity index (χ3n) is 5.74. The molecule has 1 aliphatic rings. The Morgan fingerprint density at radius 2 is 1.76 bits per heavy atom. The van der Waals surface area contributed by atoms with Crippen LogP contribution in [0.4, 0.5) is 5.69 Å². The van der Waals surface area contributed by atoms with Gasteiger partial charge in [0, 0.05) is 0 Å². The highest BCUT2D eigenvalue weighted by atomic mass is 32.2. The van der Waals surface area contributed by atoms with Gasteiger partial charge in [-0.15, -0.1) is 0 Å².